The highest BCUT2D eigenvalue weighted by atomic mass is 35.5. The molecule has 120 valence electrons. The Morgan fingerprint density at radius 3 is 2.67 bits per heavy atom. The highest BCUT2D eigenvalue weighted by molar-refractivity contribution is 6.35. The Labute approximate surface area is 141 Å². The Bertz CT molecular complexity index is 431. The van der Waals surface area contributed by atoms with E-state index in [-0.39, 0.29) is 18.3 Å². The summed E-state index contributed by atoms with van der Waals surface area (Å²) in [4.78, 5) is 11.4. The second-order valence-corrected chi connectivity index (χ2v) is 5.18. The van der Waals surface area contributed by atoms with Crippen LogP contribution in [0.2, 0.25) is 10.0 Å². The molecule has 0 unspecified atom stereocenters. The fourth-order valence-electron chi connectivity index (χ4n) is 1.59. The first kappa shape index (κ1) is 20.3. The summed E-state index contributed by atoms with van der Waals surface area (Å²) in [5.41, 5.74) is 0. The minimum Gasteiger partial charge on any atom is -0.492 e. The first-order valence-electron chi connectivity index (χ1n) is 6.62. The fraction of sp³-hybridized carbons (Fsp3) is 0.500. The van der Waals surface area contributed by atoms with Crippen LogP contribution in [0.1, 0.15) is 19.3 Å². The molecule has 1 rings (SSSR count). The maximum absolute atomic E-state index is 11.4. The third-order valence-electron chi connectivity index (χ3n) is 2.63. The molecular weight excluding hydrogens is 335 g/mol. The Kier molecular flexibility index (Phi) is 11.5. The minimum absolute atomic E-state index is 0. The van der Waals surface area contributed by atoms with Gasteiger partial charge in [0.25, 0.3) is 0 Å². The first-order valence-corrected chi connectivity index (χ1v) is 7.38. The van der Waals surface area contributed by atoms with Crippen molar-refractivity contribution in [1.82, 2.24) is 10.6 Å². The molecule has 1 amide bonds. The molecule has 0 radical (unpaired) electrons. The number of ether oxygens (including phenoxy) is 1. The number of hydrogen-bond acceptors (Lipinski definition) is 3. The van der Waals surface area contributed by atoms with Gasteiger partial charge >= 0.3 is 0 Å². The number of rotatable bonds is 9. The lowest BCUT2D eigenvalue weighted by Gasteiger charge is -2.09. The van der Waals surface area contributed by atoms with Gasteiger partial charge in [0.2, 0.25) is 5.91 Å². The molecule has 21 heavy (non-hydrogen) atoms. The zero-order valence-corrected chi connectivity index (χ0v) is 14.3. The second kappa shape index (κ2) is 11.9. The molecule has 0 aromatic heterocycles. The topological polar surface area (TPSA) is 50.4 Å². The van der Waals surface area contributed by atoms with Gasteiger partial charge in [-0.1, -0.05) is 23.2 Å². The highest BCUT2D eigenvalue weighted by Crippen LogP contribution is 2.27. The summed E-state index contributed by atoms with van der Waals surface area (Å²) in [6, 6.07) is 5.11. The van der Waals surface area contributed by atoms with Crippen LogP contribution in [-0.4, -0.2) is 32.7 Å². The zero-order valence-electron chi connectivity index (χ0n) is 12.0. The maximum atomic E-state index is 11.4. The molecule has 4 nitrogen and oxygen atoms in total. The van der Waals surface area contributed by atoms with Gasteiger partial charge in [-0.2, -0.15) is 0 Å². The summed E-state index contributed by atoms with van der Waals surface area (Å²) >= 11 is 11.8. The van der Waals surface area contributed by atoms with Crippen LogP contribution in [0, 0.1) is 0 Å². The van der Waals surface area contributed by atoms with Crippen molar-refractivity contribution in [3.63, 3.8) is 0 Å². The molecule has 0 atom stereocenters. The highest BCUT2D eigenvalue weighted by Gasteiger charge is 2.03. The summed E-state index contributed by atoms with van der Waals surface area (Å²) in [7, 11) is 1.87. The van der Waals surface area contributed by atoms with Crippen LogP contribution in [0.4, 0.5) is 0 Å². The molecule has 2 N–H and O–H groups in total. The molecule has 1 aromatic rings. The second-order valence-electron chi connectivity index (χ2n) is 4.33. The van der Waals surface area contributed by atoms with Crippen molar-refractivity contribution in [1.29, 1.82) is 0 Å². The number of nitrogens with one attached hydrogen (secondary N) is 2. The molecule has 7 heteroatoms. The van der Waals surface area contributed by atoms with Gasteiger partial charge in [0.15, 0.2) is 0 Å². The van der Waals surface area contributed by atoms with Crippen LogP contribution in [-0.2, 0) is 4.79 Å². The minimum atomic E-state index is 0. The Morgan fingerprint density at radius 2 is 2.00 bits per heavy atom. The zero-order chi connectivity index (χ0) is 14.8. The molecule has 0 aliphatic heterocycles. The smallest absolute Gasteiger partial charge is 0.220 e. The van der Waals surface area contributed by atoms with E-state index in [2.05, 4.69) is 10.6 Å². The van der Waals surface area contributed by atoms with Crippen molar-refractivity contribution in [3.05, 3.63) is 28.2 Å². The Morgan fingerprint density at radius 1 is 1.24 bits per heavy atom. The van der Waals surface area contributed by atoms with Crippen molar-refractivity contribution >= 4 is 41.5 Å². The number of hydrogen-bond donors (Lipinski definition) is 2. The van der Waals surface area contributed by atoms with E-state index in [0.717, 1.165) is 19.4 Å². The summed E-state index contributed by atoms with van der Waals surface area (Å²) in [6.07, 6.45) is 2.13. The van der Waals surface area contributed by atoms with Crippen LogP contribution in [0.5, 0.6) is 5.75 Å². The molecule has 0 spiro atoms. The molecular formula is C14H21Cl3N2O2. The van der Waals surface area contributed by atoms with Crippen LogP contribution in [0.15, 0.2) is 18.2 Å². The van der Waals surface area contributed by atoms with Gasteiger partial charge in [-0.05, 0) is 44.6 Å². The summed E-state index contributed by atoms with van der Waals surface area (Å²) in [5, 5.41) is 6.93. The van der Waals surface area contributed by atoms with Crippen molar-refractivity contribution in [2.75, 3.05) is 26.7 Å². The van der Waals surface area contributed by atoms with Crippen molar-refractivity contribution < 1.29 is 9.53 Å². The van der Waals surface area contributed by atoms with Crippen molar-refractivity contribution in [3.8, 4) is 5.75 Å². The quantitative estimate of drug-likeness (QED) is 0.668. The molecule has 0 fully saturated rings. The van der Waals surface area contributed by atoms with E-state index in [4.69, 9.17) is 27.9 Å². The molecule has 0 saturated heterocycles. The lowest BCUT2D eigenvalue weighted by atomic mass is 10.3. The molecule has 0 aliphatic rings. The van der Waals surface area contributed by atoms with Gasteiger partial charge in [-0.25, -0.2) is 0 Å². The molecule has 0 aliphatic carbocycles. The summed E-state index contributed by atoms with van der Waals surface area (Å²) in [6.45, 7) is 1.95. The van der Waals surface area contributed by atoms with E-state index in [1.54, 1.807) is 18.2 Å². The van der Waals surface area contributed by atoms with Crippen molar-refractivity contribution in [2.24, 2.45) is 0 Å². The molecule has 0 heterocycles. The van der Waals surface area contributed by atoms with E-state index >= 15 is 0 Å². The Hall–Kier alpha value is -0.680. The van der Waals surface area contributed by atoms with E-state index in [1.807, 2.05) is 7.05 Å². The van der Waals surface area contributed by atoms with Gasteiger partial charge in [-0.3, -0.25) is 4.79 Å². The van der Waals surface area contributed by atoms with Crippen LogP contribution in [0.3, 0.4) is 0 Å². The SMILES string of the molecule is CNCCCC(=O)NCCCOc1ccc(Cl)cc1Cl.Cl. The van der Waals surface area contributed by atoms with E-state index in [1.165, 1.54) is 0 Å². The average molecular weight is 356 g/mol. The van der Waals surface area contributed by atoms with Crippen LogP contribution in [0.25, 0.3) is 0 Å². The number of halogens is 3. The maximum Gasteiger partial charge on any atom is 0.220 e. The standard InChI is InChI=1S/C14H20Cl2N2O2.ClH/c1-17-7-2-4-14(19)18-8-3-9-20-13-6-5-11(15)10-12(13)16;/h5-6,10,17H,2-4,7-9H2,1H3,(H,18,19);1H. The van der Waals surface area contributed by atoms with Gasteiger partial charge in [-0.15, -0.1) is 12.4 Å². The number of carbonyl (C=O) groups excluding carboxylic acids is 1. The first-order chi connectivity index (χ1) is 9.63. The number of carbonyl (C=O) groups is 1. The third kappa shape index (κ3) is 9.04. The largest absolute Gasteiger partial charge is 0.492 e. The summed E-state index contributed by atoms with van der Waals surface area (Å²) in [5.74, 6) is 0.682. The van der Waals surface area contributed by atoms with E-state index in [9.17, 15) is 4.79 Å². The lowest BCUT2D eigenvalue weighted by Crippen LogP contribution is -2.26. The number of amides is 1. The molecule has 1 aromatic carbocycles. The molecule has 0 bridgehead atoms. The van der Waals surface area contributed by atoms with Gasteiger partial charge < -0.3 is 15.4 Å². The van der Waals surface area contributed by atoms with Crippen LogP contribution < -0.4 is 15.4 Å². The third-order valence-corrected chi connectivity index (χ3v) is 3.16. The van der Waals surface area contributed by atoms with Crippen LogP contribution >= 0.6 is 35.6 Å². The van der Waals surface area contributed by atoms with Gasteiger partial charge in [0.1, 0.15) is 5.75 Å². The number of benzene rings is 1. The Balaban J connectivity index is 0.00000400. The monoisotopic (exact) mass is 354 g/mol. The predicted octanol–water partition coefficient (Wildman–Crippen LogP) is 3.30. The average Bonchev–Trinajstić information content (AvgIpc) is 2.41. The molecule has 0 saturated carbocycles. The van der Waals surface area contributed by atoms with E-state index < -0.39 is 0 Å². The predicted molar refractivity (Wildman–Crippen MR) is 90.0 cm³/mol. The van der Waals surface area contributed by atoms with Gasteiger partial charge in [0.05, 0.1) is 11.6 Å². The van der Waals surface area contributed by atoms with Crippen molar-refractivity contribution in [2.45, 2.75) is 19.3 Å². The summed E-state index contributed by atoms with van der Waals surface area (Å²) < 4.78 is 5.52. The fourth-order valence-corrected chi connectivity index (χ4v) is 2.05. The lowest BCUT2D eigenvalue weighted by molar-refractivity contribution is -0.121. The van der Waals surface area contributed by atoms with E-state index in [0.29, 0.717) is 35.4 Å². The van der Waals surface area contributed by atoms with Gasteiger partial charge in [0, 0.05) is 18.0 Å². The normalized spacial score (nSPS) is 9.86.